The number of benzene rings is 1. The molecule has 0 aliphatic rings. The number of primary sulfonamides is 1. The second kappa shape index (κ2) is 4.05. The molecule has 14 heavy (non-hydrogen) atoms. The van der Waals surface area contributed by atoms with E-state index >= 15 is 0 Å². The number of aliphatic hydroxyl groups is 1. The molecule has 0 heterocycles. The van der Waals surface area contributed by atoms with Gasteiger partial charge in [-0.2, -0.15) is 0 Å². The molecule has 0 radical (unpaired) electrons. The van der Waals surface area contributed by atoms with Crippen molar-refractivity contribution in [3.63, 3.8) is 0 Å². The fraction of sp³-hybridized carbons (Fsp3) is 0.250. The maximum absolute atomic E-state index is 10.9. The Morgan fingerprint density at radius 2 is 1.79 bits per heavy atom. The van der Waals surface area contributed by atoms with Gasteiger partial charge in [0, 0.05) is 6.54 Å². The Bertz CT molecular complexity index is 399. The highest BCUT2D eigenvalue weighted by Gasteiger charge is 2.09. The van der Waals surface area contributed by atoms with E-state index in [0.717, 1.165) is 0 Å². The number of hydrogen-bond donors (Lipinski definition) is 3. The number of rotatable bonds is 3. The van der Waals surface area contributed by atoms with Gasteiger partial charge >= 0.3 is 0 Å². The molecule has 0 bridgehead atoms. The molecular weight excluding hydrogens is 204 g/mol. The van der Waals surface area contributed by atoms with Crippen LogP contribution in [0.2, 0.25) is 0 Å². The fourth-order valence-electron chi connectivity index (χ4n) is 1.02. The zero-order valence-electron chi connectivity index (χ0n) is 7.42. The van der Waals surface area contributed by atoms with Gasteiger partial charge in [-0.25, -0.2) is 13.6 Å². The molecule has 5 nitrogen and oxygen atoms in total. The van der Waals surface area contributed by atoms with E-state index < -0.39 is 16.1 Å². The van der Waals surface area contributed by atoms with E-state index in [4.69, 9.17) is 10.9 Å². The van der Waals surface area contributed by atoms with Crippen LogP contribution in [-0.2, 0) is 10.0 Å². The van der Waals surface area contributed by atoms with Crippen LogP contribution >= 0.6 is 0 Å². The Morgan fingerprint density at radius 3 is 2.14 bits per heavy atom. The second-order valence-corrected chi connectivity index (χ2v) is 4.43. The smallest absolute Gasteiger partial charge is 0.238 e. The quantitative estimate of drug-likeness (QED) is 0.622. The van der Waals surface area contributed by atoms with Crippen LogP contribution < -0.4 is 10.9 Å². The molecule has 1 aromatic carbocycles. The standard InChI is InChI=1S/C8H12N2O3S/c9-5-8(11)6-1-3-7(4-2-6)14(10,12)13/h1-4,8,11H,5,9H2,(H2,10,12,13). The van der Waals surface area contributed by atoms with Crippen molar-refractivity contribution in [2.45, 2.75) is 11.0 Å². The van der Waals surface area contributed by atoms with Gasteiger partial charge in [-0.3, -0.25) is 0 Å². The first-order chi connectivity index (χ1) is 6.45. The Balaban J connectivity index is 3.01. The summed E-state index contributed by atoms with van der Waals surface area (Å²) in [6.45, 7) is 0.0920. The van der Waals surface area contributed by atoms with Crippen LogP contribution in [0.1, 0.15) is 11.7 Å². The van der Waals surface area contributed by atoms with Crippen LogP contribution in [0.5, 0.6) is 0 Å². The number of aliphatic hydroxyl groups excluding tert-OH is 1. The first-order valence-electron chi connectivity index (χ1n) is 3.96. The van der Waals surface area contributed by atoms with E-state index in [1.54, 1.807) is 0 Å². The van der Waals surface area contributed by atoms with Gasteiger partial charge < -0.3 is 10.8 Å². The lowest BCUT2D eigenvalue weighted by atomic mass is 10.1. The third-order valence-corrected chi connectivity index (χ3v) is 2.75. The Labute approximate surface area is 82.4 Å². The zero-order valence-corrected chi connectivity index (χ0v) is 8.24. The fourth-order valence-corrected chi connectivity index (χ4v) is 1.53. The summed E-state index contributed by atoms with van der Waals surface area (Å²) in [4.78, 5) is 0.0190. The summed E-state index contributed by atoms with van der Waals surface area (Å²) in [5, 5.41) is 14.2. The molecule has 1 rings (SSSR count). The maximum Gasteiger partial charge on any atom is 0.238 e. The summed E-state index contributed by atoms with van der Waals surface area (Å²) in [5.41, 5.74) is 5.80. The monoisotopic (exact) mass is 216 g/mol. The van der Waals surface area contributed by atoms with Gasteiger partial charge in [0.1, 0.15) is 0 Å². The minimum absolute atomic E-state index is 0.0190. The van der Waals surface area contributed by atoms with Crippen molar-refractivity contribution in [1.82, 2.24) is 0 Å². The van der Waals surface area contributed by atoms with Gasteiger partial charge in [0.25, 0.3) is 0 Å². The summed E-state index contributed by atoms with van der Waals surface area (Å²) in [5.74, 6) is 0. The molecule has 1 atom stereocenters. The lowest BCUT2D eigenvalue weighted by Gasteiger charge is -2.07. The largest absolute Gasteiger partial charge is 0.387 e. The van der Waals surface area contributed by atoms with Gasteiger partial charge in [-0.15, -0.1) is 0 Å². The van der Waals surface area contributed by atoms with E-state index in [9.17, 15) is 13.5 Å². The number of nitrogens with two attached hydrogens (primary N) is 2. The molecule has 78 valence electrons. The average Bonchev–Trinajstić information content (AvgIpc) is 2.15. The van der Waals surface area contributed by atoms with Crippen molar-refractivity contribution in [2.75, 3.05) is 6.54 Å². The summed E-state index contributed by atoms with van der Waals surface area (Å²) >= 11 is 0. The van der Waals surface area contributed by atoms with Crippen LogP contribution in [0.4, 0.5) is 0 Å². The van der Waals surface area contributed by atoms with Gasteiger partial charge in [-0.1, -0.05) is 12.1 Å². The van der Waals surface area contributed by atoms with Gasteiger partial charge in [-0.05, 0) is 17.7 Å². The summed E-state index contributed by atoms with van der Waals surface area (Å²) < 4.78 is 21.7. The minimum Gasteiger partial charge on any atom is -0.387 e. The van der Waals surface area contributed by atoms with Gasteiger partial charge in [0.15, 0.2) is 0 Å². The van der Waals surface area contributed by atoms with Crippen LogP contribution in [0.3, 0.4) is 0 Å². The van der Waals surface area contributed by atoms with Crippen LogP contribution in [0, 0.1) is 0 Å². The molecule has 0 spiro atoms. The van der Waals surface area contributed by atoms with Crippen molar-refractivity contribution in [2.24, 2.45) is 10.9 Å². The molecule has 5 N–H and O–H groups in total. The Kier molecular flexibility index (Phi) is 3.22. The summed E-state index contributed by atoms with van der Waals surface area (Å²) in [6.07, 6.45) is -0.774. The minimum atomic E-state index is -3.66. The zero-order chi connectivity index (χ0) is 10.8. The molecule has 0 saturated carbocycles. The van der Waals surface area contributed by atoms with Gasteiger partial charge in [0.05, 0.1) is 11.0 Å². The van der Waals surface area contributed by atoms with Crippen LogP contribution in [-0.4, -0.2) is 20.1 Å². The van der Waals surface area contributed by atoms with Crippen LogP contribution in [0.15, 0.2) is 29.2 Å². The summed E-state index contributed by atoms with van der Waals surface area (Å²) in [6, 6.07) is 5.64. The third-order valence-electron chi connectivity index (χ3n) is 1.82. The highest BCUT2D eigenvalue weighted by Crippen LogP contribution is 2.14. The normalized spacial score (nSPS) is 13.9. The second-order valence-electron chi connectivity index (χ2n) is 2.87. The molecule has 0 saturated heterocycles. The first-order valence-corrected chi connectivity index (χ1v) is 5.50. The molecule has 6 heteroatoms. The van der Waals surface area contributed by atoms with Crippen molar-refractivity contribution < 1.29 is 13.5 Å². The topological polar surface area (TPSA) is 106 Å². The number of hydrogen-bond acceptors (Lipinski definition) is 4. The highest BCUT2D eigenvalue weighted by molar-refractivity contribution is 7.89. The van der Waals surface area contributed by atoms with Crippen molar-refractivity contribution in [1.29, 1.82) is 0 Å². The third kappa shape index (κ3) is 2.52. The van der Waals surface area contributed by atoms with Crippen molar-refractivity contribution >= 4 is 10.0 Å². The lowest BCUT2D eigenvalue weighted by molar-refractivity contribution is 0.186. The molecule has 0 aliphatic heterocycles. The lowest BCUT2D eigenvalue weighted by Crippen LogP contribution is -2.14. The van der Waals surface area contributed by atoms with Crippen LogP contribution in [0.25, 0.3) is 0 Å². The first kappa shape index (κ1) is 11.1. The molecule has 0 aliphatic carbocycles. The Hall–Kier alpha value is -0.950. The van der Waals surface area contributed by atoms with E-state index in [0.29, 0.717) is 5.56 Å². The van der Waals surface area contributed by atoms with Crippen molar-refractivity contribution in [3.8, 4) is 0 Å². The molecule has 1 aromatic rings. The highest BCUT2D eigenvalue weighted by atomic mass is 32.2. The van der Waals surface area contributed by atoms with E-state index in [1.807, 2.05) is 0 Å². The molecule has 0 aromatic heterocycles. The molecule has 1 unspecified atom stereocenters. The molecule has 0 fully saturated rings. The van der Waals surface area contributed by atoms with E-state index in [-0.39, 0.29) is 11.4 Å². The maximum atomic E-state index is 10.9. The van der Waals surface area contributed by atoms with E-state index in [1.165, 1.54) is 24.3 Å². The predicted octanol–water partition coefficient (Wildman–Crippen LogP) is -0.674. The van der Waals surface area contributed by atoms with Crippen molar-refractivity contribution in [3.05, 3.63) is 29.8 Å². The van der Waals surface area contributed by atoms with E-state index in [2.05, 4.69) is 0 Å². The average molecular weight is 216 g/mol. The SMILES string of the molecule is NCC(O)c1ccc(S(N)(=O)=O)cc1. The molecular formula is C8H12N2O3S. The Morgan fingerprint density at radius 1 is 1.29 bits per heavy atom. The predicted molar refractivity (Wildman–Crippen MR) is 51.8 cm³/mol. The van der Waals surface area contributed by atoms with Gasteiger partial charge in [0.2, 0.25) is 10.0 Å². The number of sulfonamides is 1. The summed E-state index contributed by atoms with van der Waals surface area (Å²) in [7, 11) is -3.66. The molecule has 0 amide bonds.